The highest BCUT2D eigenvalue weighted by Crippen LogP contribution is 2.13. The van der Waals surface area contributed by atoms with Gasteiger partial charge in [-0.25, -0.2) is 4.79 Å². The number of hydrogen-bond acceptors (Lipinski definition) is 5. The predicted molar refractivity (Wildman–Crippen MR) is 64.4 cm³/mol. The summed E-state index contributed by atoms with van der Waals surface area (Å²) in [6.45, 7) is 5.65. The molecule has 0 saturated carbocycles. The van der Waals surface area contributed by atoms with E-state index in [2.05, 4.69) is 10.2 Å². The Morgan fingerprint density at radius 3 is 2.71 bits per heavy atom. The molecule has 96 valence electrons. The molecule has 0 bridgehead atoms. The van der Waals surface area contributed by atoms with Crippen LogP contribution in [0.1, 0.15) is 36.3 Å². The smallest absolute Gasteiger partial charge is 0.376 e. The third-order valence-electron chi connectivity index (χ3n) is 2.24. The van der Waals surface area contributed by atoms with Gasteiger partial charge in [-0.05, 0) is 20.8 Å². The number of aryl methyl sites for hydroxylation is 1. The van der Waals surface area contributed by atoms with Crippen molar-refractivity contribution < 1.29 is 13.7 Å². The van der Waals surface area contributed by atoms with Crippen LogP contribution in [0.3, 0.4) is 0 Å². The monoisotopic (exact) mass is 259 g/mol. The molecule has 7 heteroatoms. The maximum Gasteiger partial charge on any atom is 0.376 e. The van der Waals surface area contributed by atoms with Crippen molar-refractivity contribution in [1.82, 2.24) is 14.8 Å². The fourth-order valence-corrected chi connectivity index (χ4v) is 2.47. The van der Waals surface area contributed by atoms with Crippen molar-refractivity contribution in [1.29, 1.82) is 0 Å². The Kier molecular flexibility index (Phi) is 4.80. The number of carbonyl (C=O) groups is 1. The Hall–Kier alpha value is -1.24. The number of aromatic nitrogens is 3. The second-order valence-electron chi connectivity index (χ2n) is 3.75. The van der Waals surface area contributed by atoms with Crippen LogP contribution in [0.25, 0.3) is 0 Å². The van der Waals surface area contributed by atoms with Gasteiger partial charge >= 0.3 is 5.97 Å². The first-order valence-electron chi connectivity index (χ1n) is 5.36. The molecule has 0 aliphatic carbocycles. The summed E-state index contributed by atoms with van der Waals surface area (Å²) in [5.41, 5.74) is 0. The predicted octanol–water partition coefficient (Wildman–Crippen LogP) is 0.703. The highest BCUT2D eigenvalue weighted by atomic mass is 32.2. The van der Waals surface area contributed by atoms with Gasteiger partial charge in [-0.2, -0.15) is 0 Å². The molecule has 1 aromatic rings. The van der Waals surface area contributed by atoms with Gasteiger partial charge in [-0.3, -0.25) is 4.21 Å². The molecule has 17 heavy (non-hydrogen) atoms. The Balaban J connectivity index is 3.01. The summed E-state index contributed by atoms with van der Waals surface area (Å²) in [6, 6.07) is -0.102. The molecule has 0 saturated heterocycles. The molecular formula is C10H17N3O3S. The highest BCUT2D eigenvalue weighted by Gasteiger charge is 2.22. The average molecular weight is 259 g/mol. The molecular weight excluding hydrogens is 242 g/mol. The van der Waals surface area contributed by atoms with Gasteiger partial charge < -0.3 is 9.30 Å². The molecule has 0 fully saturated rings. The van der Waals surface area contributed by atoms with E-state index in [-0.39, 0.29) is 11.9 Å². The van der Waals surface area contributed by atoms with Crippen LogP contribution in [0, 0.1) is 6.92 Å². The van der Waals surface area contributed by atoms with Gasteiger partial charge in [0.2, 0.25) is 5.82 Å². The zero-order chi connectivity index (χ0) is 13.0. The van der Waals surface area contributed by atoms with E-state index in [1.54, 1.807) is 24.7 Å². The normalized spacial score (nSPS) is 14.4. The van der Waals surface area contributed by atoms with Gasteiger partial charge in [0, 0.05) is 28.9 Å². The lowest BCUT2D eigenvalue weighted by atomic mass is 10.3. The minimum absolute atomic E-state index is 0.102. The van der Waals surface area contributed by atoms with Crippen molar-refractivity contribution in [3.8, 4) is 0 Å². The molecule has 1 rings (SSSR count). The molecule has 0 N–H and O–H groups in total. The van der Waals surface area contributed by atoms with Crippen molar-refractivity contribution in [2.45, 2.75) is 26.8 Å². The Labute approximate surface area is 103 Å². The van der Waals surface area contributed by atoms with Crippen molar-refractivity contribution in [3.63, 3.8) is 0 Å². The Bertz CT molecular complexity index is 430. The van der Waals surface area contributed by atoms with E-state index in [4.69, 9.17) is 4.74 Å². The lowest BCUT2D eigenvalue weighted by molar-refractivity contribution is 0.0503. The van der Waals surface area contributed by atoms with Crippen molar-refractivity contribution in [3.05, 3.63) is 11.6 Å². The standard InChI is InChI=1S/C10H17N3O3S/c1-5-16-10(14)9-12-11-8(3)13(9)7(2)6-17(4)15/h7H,5-6H2,1-4H3. The van der Waals surface area contributed by atoms with Crippen LogP contribution >= 0.6 is 0 Å². The highest BCUT2D eigenvalue weighted by molar-refractivity contribution is 7.84. The summed E-state index contributed by atoms with van der Waals surface area (Å²) < 4.78 is 17.8. The molecule has 2 unspecified atom stereocenters. The Morgan fingerprint density at radius 1 is 1.53 bits per heavy atom. The number of ether oxygens (including phenoxy) is 1. The number of esters is 1. The van der Waals surface area contributed by atoms with E-state index in [1.807, 2.05) is 6.92 Å². The van der Waals surface area contributed by atoms with Crippen LogP contribution in [0.2, 0.25) is 0 Å². The third kappa shape index (κ3) is 3.36. The molecule has 1 heterocycles. The summed E-state index contributed by atoms with van der Waals surface area (Å²) in [7, 11) is -0.942. The van der Waals surface area contributed by atoms with E-state index < -0.39 is 16.8 Å². The first kappa shape index (κ1) is 13.8. The molecule has 1 aromatic heterocycles. The lowest BCUT2D eigenvalue weighted by Crippen LogP contribution is -2.20. The van der Waals surface area contributed by atoms with E-state index >= 15 is 0 Å². The minimum atomic E-state index is -0.942. The second-order valence-corrected chi connectivity index (χ2v) is 5.23. The van der Waals surface area contributed by atoms with Crippen LogP contribution in [-0.4, -0.2) is 43.6 Å². The molecule has 0 radical (unpaired) electrons. The van der Waals surface area contributed by atoms with Crippen LogP contribution in [0.5, 0.6) is 0 Å². The second kappa shape index (κ2) is 5.90. The zero-order valence-corrected chi connectivity index (χ0v) is 11.3. The van der Waals surface area contributed by atoms with Crippen LogP contribution < -0.4 is 0 Å². The SMILES string of the molecule is CCOC(=O)c1nnc(C)n1C(C)CS(C)=O. The van der Waals surface area contributed by atoms with E-state index in [1.165, 1.54) is 0 Å². The van der Waals surface area contributed by atoms with E-state index in [0.29, 0.717) is 18.2 Å². The minimum Gasteiger partial charge on any atom is -0.460 e. The van der Waals surface area contributed by atoms with E-state index in [9.17, 15) is 9.00 Å². The molecule has 0 aliphatic heterocycles. The van der Waals surface area contributed by atoms with Crippen LogP contribution in [0.4, 0.5) is 0 Å². The van der Waals surface area contributed by atoms with Gasteiger partial charge in [0.15, 0.2) is 0 Å². The summed E-state index contributed by atoms with van der Waals surface area (Å²) in [6.07, 6.45) is 1.63. The quantitative estimate of drug-likeness (QED) is 0.728. The van der Waals surface area contributed by atoms with Gasteiger partial charge in [0.1, 0.15) is 5.82 Å². The molecule has 0 aliphatic rings. The maximum absolute atomic E-state index is 11.6. The summed E-state index contributed by atoms with van der Waals surface area (Å²) in [4.78, 5) is 11.6. The van der Waals surface area contributed by atoms with Crippen molar-refractivity contribution in [2.75, 3.05) is 18.6 Å². The molecule has 6 nitrogen and oxygen atoms in total. The number of nitrogens with zero attached hydrogens (tertiary/aromatic N) is 3. The summed E-state index contributed by atoms with van der Waals surface area (Å²) >= 11 is 0. The number of carbonyl (C=O) groups excluding carboxylic acids is 1. The first-order valence-corrected chi connectivity index (χ1v) is 7.08. The van der Waals surface area contributed by atoms with Gasteiger partial charge in [-0.1, -0.05) is 0 Å². The zero-order valence-electron chi connectivity index (χ0n) is 10.5. The lowest BCUT2D eigenvalue weighted by Gasteiger charge is -2.15. The maximum atomic E-state index is 11.6. The van der Waals surface area contributed by atoms with Crippen LogP contribution in [0.15, 0.2) is 0 Å². The number of hydrogen-bond donors (Lipinski definition) is 0. The van der Waals surface area contributed by atoms with Crippen LogP contribution in [-0.2, 0) is 15.5 Å². The fraction of sp³-hybridized carbons (Fsp3) is 0.700. The first-order chi connectivity index (χ1) is 7.97. The Morgan fingerprint density at radius 2 is 2.18 bits per heavy atom. The fourth-order valence-electron chi connectivity index (χ4n) is 1.65. The summed E-state index contributed by atoms with van der Waals surface area (Å²) in [5, 5.41) is 7.66. The van der Waals surface area contributed by atoms with E-state index in [0.717, 1.165) is 0 Å². The summed E-state index contributed by atoms with van der Waals surface area (Å²) in [5.74, 6) is 0.737. The van der Waals surface area contributed by atoms with Gasteiger partial charge in [-0.15, -0.1) is 10.2 Å². The molecule has 2 atom stereocenters. The molecule has 0 aromatic carbocycles. The van der Waals surface area contributed by atoms with Crippen molar-refractivity contribution in [2.24, 2.45) is 0 Å². The molecule has 0 amide bonds. The third-order valence-corrected chi connectivity index (χ3v) is 3.19. The van der Waals surface area contributed by atoms with Gasteiger partial charge in [0.25, 0.3) is 0 Å². The molecule has 0 spiro atoms. The van der Waals surface area contributed by atoms with Gasteiger partial charge in [0.05, 0.1) is 6.61 Å². The van der Waals surface area contributed by atoms with Crippen molar-refractivity contribution >= 4 is 16.8 Å². The average Bonchev–Trinajstić information content (AvgIpc) is 2.59. The largest absolute Gasteiger partial charge is 0.460 e. The number of rotatable bonds is 5. The topological polar surface area (TPSA) is 74.1 Å².